The highest BCUT2D eigenvalue weighted by Crippen LogP contribution is 2.43. The van der Waals surface area contributed by atoms with Crippen LogP contribution in [0.5, 0.6) is 0 Å². The third-order valence-electron chi connectivity index (χ3n) is 6.49. The van der Waals surface area contributed by atoms with E-state index in [9.17, 15) is 9.59 Å². The maximum atomic E-state index is 13.2. The first kappa shape index (κ1) is 23.1. The lowest BCUT2D eigenvalue weighted by molar-refractivity contribution is 0.101. The molecule has 2 N–H and O–H groups in total. The molecule has 38 heavy (non-hydrogen) atoms. The number of hydrogen-bond donors (Lipinski definition) is 2. The van der Waals surface area contributed by atoms with Crippen LogP contribution in [-0.2, 0) is 0 Å². The molecule has 4 aromatic carbocycles. The minimum atomic E-state index is -0.244. The lowest BCUT2D eigenvalue weighted by Gasteiger charge is -2.20. The lowest BCUT2D eigenvalue weighted by Crippen LogP contribution is -2.14. The first-order chi connectivity index (χ1) is 18.7. The van der Waals surface area contributed by atoms with Crippen LogP contribution >= 0.6 is 0 Å². The van der Waals surface area contributed by atoms with Crippen LogP contribution in [0.1, 0.15) is 20.7 Å². The second-order valence-corrected chi connectivity index (χ2v) is 8.80. The molecule has 0 fully saturated rings. The Balaban J connectivity index is 1.58. The van der Waals surface area contributed by atoms with Crippen molar-refractivity contribution in [2.24, 2.45) is 0 Å². The number of benzene rings is 4. The third kappa shape index (κ3) is 4.35. The van der Waals surface area contributed by atoms with Gasteiger partial charge in [0, 0.05) is 58.4 Å². The molecule has 2 amide bonds. The molecule has 2 aromatic heterocycles. The van der Waals surface area contributed by atoms with Gasteiger partial charge in [-0.15, -0.1) is 0 Å². The molecule has 0 bridgehead atoms. The summed E-state index contributed by atoms with van der Waals surface area (Å²) in [4.78, 5) is 34.5. The summed E-state index contributed by atoms with van der Waals surface area (Å²) in [5.74, 6) is -0.488. The topological polar surface area (TPSA) is 84.0 Å². The molecule has 0 aliphatic heterocycles. The highest BCUT2D eigenvalue weighted by atomic mass is 16.2. The van der Waals surface area contributed by atoms with Crippen molar-refractivity contribution >= 4 is 44.7 Å². The molecule has 0 saturated heterocycles. The monoisotopic (exact) mass is 494 g/mol. The van der Waals surface area contributed by atoms with Gasteiger partial charge in [0.25, 0.3) is 11.8 Å². The van der Waals surface area contributed by atoms with Crippen molar-refractivity contribution < 1.29 is 9.59 Å². The van der Waals surface area contributed by atoms with Gasteiger partial charge in [0.05, 0.1) is 0 Å². The maximum absolute atomic E-state index is 13.2. The summed E-state index contributed by atoms with van der Waals surface area (Å²) in [5.41, 5.74) is 3.94. The number of amides is 2. The van der Waals surface area contributed by atoms with Crippen LogP contribution < -0.4 is 10.6 Å². The number of fused-ring (bicyclic) bond motifs is 2. The number of aromatic nitrogens is 2. The molecule has 2 heterocycles. The smallest absolute Gasteiger partial charge is 0.255 e. The Hall–Kier alpha value is -5.36. The summed E-state index contributed by atoms with van der Waals surface area (Å²) in [6.45, 7) is 0. The number of rotatable bonds is 5. The van der Waals surface area contributed by atoms with Gasteiger partial charge in [-0.2, -0.15) is 0 Å². The Bertz CT molecular complexity index is 1670. The fraction of sp³-hybridized carbons (Fsp3) is 0. The molecule has 6 aromatic rings. The van der Waals surface area contributed by atoms with Crippen molar-refractivity contribution in [1.29, 1.82) is 0 Å². The Labute approximate surface area is 219 Å². The van der Waals surface area contributed by atoms with E-state index in [1.807, 2.05) is 72.8 Å². The van der Waals surface area contributed by atoms with Gasteiger partial charge in [0.15, 0.2) is 0 Å². The van der Waals surface area contributed by atoms with Gasteiger partial charge < -0.3 is 10.6 Å². The van der Waals surface area contributed by atoms with E-state index in [-0.39, 0.29) is 11.8 Å². The second kappa shape index (κ2) is 9.95. The van der Waals surface area contributed by atoms with Gasteiger partial charge in [-0.05, 0) is 57.9 Å². The quantitative estimate of drug-likeness (QED) is 0.271. The van der Waals surface area contributed by atoms with Crippen molar-refractivity contribution in [3.63, 3.8) is 0 Å². The molecule has 182 valence electrons. The molecule has 6 nitrogen and oxygen atoms in total. The largest absolute Gasteiger partial charge is 0.321 e. The SMILES string of the molecule is O=C(Nc1ccc2ccccc2c1-c1c(NC(=O)c2ccncc2)ccc2ccccc12)c1ccncc1. The van der Waals surface area contributed by atoms with E-state index in [2.05, 4.69) is 20.6 Å². The Morgan fingerprint density at radius 2 is 0.868 bits per heavy atom. The molecule has 0 atom stereocenters. The van der Waals surface area contributed by atoms with Gasteiger partial charge in [-0.3, -0.25) is 19.6 Å². The number of carbonyl (C=O) groups is 2. The van der Waals surface area contributed by atoms with E-state index in [0.29, 0.717) is 22.5 Å². The van der Waals surface area contributed by atoms with Crippen LogP contribution in [0.4, 0.5) is 11.4 Å². The molecule has 0 saturated carbocycles. The van der Waals surface area contributed by atoms with E-state index in [1.165, 1.54) is 0 Å². The van der Waals surface area contributed by atoms with Crippen LogP contribution in [-0.4, -0.2) is 21.8 Å². The van der Waals surface area contributed by atoms with E-state index >= 15 is 0 Å². The van der Waals surface area contributed by atoms with Crippen molar-refractivity contribution in [2.75, 3.05) is 10.6 Å². The van der Waals surface area contributed by atoms with Crippen molar-refractivity contribution in [3.05, 3.63) is 133 Å². The van der Waals surface area contributed by atoms with E-state index in [4.69, 9.17) is 0 Å². The first-order valence-corrected chi connectivity index (χ1v) is 12.2. The fourth-order valence-corrected chi connectivity index (χ4v) is 4.69. The minimum absolute atomic E-state index is 0.244. The van der Waals surface area contributed by atoms with E-state index in [1.54, 1.807) is 49.1 Å². The van der Waals surface area contributed by atoms with E-state index < -0.39 is 0 Å². The number of anilines is 2. The summed E-state index contributed by atoms with van der Waals surface area (Å²) in [7, 11) is 0. The molecular weight excluding hydrogens is 472 g/mol. The molecule has 0 radical (unpaired) electrons. The lowest BCUT2D eigenvalue weighted by atomic mass is 9.90. The van der Waals surface area contributed by atoms with Gasteiger partial charge in [0.1, 0.15) is 0 Å². The molecule has 0 aliphatic carbocycles. The predicted octanol–water partition coefficient (Wildman–Crippen LogP) is 6.95. The fourth-order valence-electron chi connectivity index (χ4n) is 4.69. The van der Waals surface area contributed by atoms with Crippen LogP contribution in [0.15, 0.2) is 122 Å². The Morgan fingerprint density at radius 3 is 1.29 bits per heavy atom. The van der Waals surface area contributed by atoms with Crippen LogP contribution in [0.25, 0.3) is 32.7 Å². The average molecular weight is 495 g/mol. The number of hydrogen-bond acceptors (Lipinski definition) is 4. The molecule has 0 spiro atoms. The van der Waals surface area contributed by atoms with Gasteiger partial charge in [-0.25, -0.2) is 0 Å². The Morgan fingerprint density at radius 1 is 0.474 bits per heavy atom. The zero-order valence-corrected chi connectivity index (χ0v) is 20.3. The number of nitrogens with zero attached hydrogens (tertiary/aromatic N) is 2. The summed E-state index contributed by atoms with van der Waals surface area (Å²) >= 11 is 0. The normalized spacial score (nSPS) is 10.8. The third-order valence-corrected chi connectivity index (χ3v) is 6.49. The summed E-state index contributed by atoms with van der Waals surface area (Å²) < 4.78 is 0. The maximum Gasteiger partial charge on any atom is 0.255 e. The van der Waals surface area contributed by atoms with Gasteiger partial charge in [0.2, 0.25) is 0 Å². The van der Waals surface area contributed by atoms with E-state index in [0.717, 1.165) is 32.7 Å². The van der Waals surface area contributed by atoms with Crippen LogP contribution in [0.3, 0.4) is 0 Å². The predicted molar refractivity (Wildman–Crippen MR) is 151 cm³/mol. The van der Waals surface area contributed by atoms with Crippen molar-refractivity contribution in [1.82, 2.24) is 9.97 Å². The average Bonchev–Trinajstić information content (AvgIpc) is 2.98. The first-order valence-electron chi connectivity index (χ1n) is 12.2. The molecular formula is C32H22N4O2. The van der Waals surface area contributed by atoms with Gasteiger partial charge in [-0.1, -0.05) is 60.7 Å². The number of nitrogens with one attached hydrogen (secondary N) is 2. The zero-order valence-electron chi connectivity index (χ0n) is 20.3. The second-order valence-electron chi connectivity index (χ2n) is 8.80. The summed E-state index contributed by atoms with van der Waals surface area (Å²) in [6.07, 6.45) is 6.36. The minimum Gasteiger partial charge on any atom is -0.321 e. The Kier molecular flexibility index (Phi) is 6.04. The molecule has 0 aliphatic rings. The van der Waals surface area contributed by atoms with Crippen LogP contribution in [0.2, 0.25) is 0 Å². The van der Waals surface area contributed by atoms with Crippen molar-refractivity contribution in [3.8, 4) is 11.1 Å². The molecule has 6 rings (SSSR count). The summed E-state index contributed by atoms with van der Waals surface area (Å²) in [5, 5.41) is 10.2. The summed E-state index contributed by atoms with van der Waals surface area (Å²) in [6, 6.07) is 30.5. The standard InChI is InChI=1S/C32H22N4O2/c37-31(23-13-17-33-18-14-23)35-27-11-9-21-5-1-3-7-25(21)29(27)30-26-8-4-2-6-22(26)10-12-28(30)36-32(38)24-15-19-34-20-16-24/h1-20H,(H,35,37)(H,36,38). The number of carbonyl (C=O) groups excluding carboxylic acids is 2. The highest BCUT2D eigenvalue weighted by Gasteiger charge is 2.20. The molecule has 6 heteroatoms. The zero-order chi connectivity index (χ0) is 25.9. The van der Waals surface area contributed by atoms with Crippen molar-refractivity contribution in [2.45, 2.75) is 0 Å². The number of pyridine rings is 2. The highest BCUT2D eigenvalue weighted by molar-refractivity contribution is 6.18. The van der Waals surface area contributed by atoms with Crippen LogP contribution in [0, 0.1) is 0 Å². The van der Waals surface area contributed by atoms with Gasteiger partial charge >= 0.3 is 0 Å². The molecule has 0 unspecified atom stereocenters.